The number of nitrogens with one attached hydrogen (secondary N) is 2. The summed E-state index contributed by atoms with van der Waals surface area (Å²) in [6.45, 7) is 18.4. The minimum Gasteiger partial charge on any atom is -0.461 e. The number of hydrogen-bond donors (Lipinski definition) is 2. The fourth-order valence-electron chi connectivity index (χ4n) is 11.1. The lowest BCUT2D eigenvalue weighted by Gasteiger charge is -2.58. The first-order valence-electron chi connectivity index (χ1n) is 21.4. The van der Waals surface area contributed by atoms with Gasteiger partial charge >= 0.3 is 18.2 Å². The van der Waals surface area contributed by atoms with Gasteiger partial charge in [-0.1, -0.05) is 95.9 Å². The van der Waals surface area contributed by atoms with E-state index in [0.717, 1.165) is 60.8 Å². The van der Waals surface area contributed by atoms with Crippen LogP contribution in [-0.2, 0) is 25.6 Å². The topological polar surface area (TPSA) is 103 Å². The molecule has 2 N–H and O–H groups in total. The number of amides is 2. The quantitative estimate of drug-likeness (QED) is 0.0801. The van der Waals surface area contributed by atoms with Crippen LogP contribution >= 0.6 is 0 Å². The van der Waals surface area contributed by atoms with E-state index in [0.29, 0.717) is 37.1 Å². The lowest BCUT2D eigenvalue weighted by atomic mass is 9.47. The largest absolute Gasteiger partial charge is 0.461 e. The number of carbonyl (C=O) groups excluding carboxylic acids is 3. The van der Waals surface area contributed by atoms with E-state index in [4.69, 9.17) is 14.2 Å². The maximum Gasteiger partial charge on any atom is 0.408 e. The maximum atomic E-state index is 13.7. The Labute approximate surface area is 326 Å². The van der Waals surface area contributed by atoms with Crippen LogP contribution < -0.4 is 10.6 Å². The van der Waals surface area contributed by atoms with Crippen LogP contribution in [0, 0.1) is 46.3 Å². The number of fused-ring (bicyclic) bond motifs is 5. The number of unbranched alkanes of at least 4 members (excludes halogenated alkanes) is 1. The van der Waals surface area contributed by atoms with Crippen LogP contribution in [0.5, 0.6) is 0 Å². The summed E-state index contributed by atoms with van der Waals surface area (Å²) in [5.41, 5.74) is 2.34. The zero-order valence-corrected chi connectivity index (χ0v) is 34.8. The van der Waals surface area contributed by atoms with Gasteiger partial charge in [-0.25, -0.2) is 14.4 Å². The van der Waals surface area contributed by atoms with E-state index in [1.54, 1.807) is 20.8 Å². The van der Waals surface area contributed by atoms with E-state index in [1.807, 2.05) is 30.3 Å². The van der Waals surface area contributed by atoms with Gasteiger partial charge in [0.15, 0.2) is 0 Å². The van der Waals surface area contributed by atoms with Crippen molar-refractivity contribution in [1.82, 2.24) is 10.6 Å². The van der Waals surface area contributed by atoms with Crippen molar-refractivity contribution in [3.63, 3.8) is 0 Å². The number of alkyl carbamates (subject to hydrolysis) is 2. The normalized spacial score (nSPS) is 30.2. The summed E-state index contributed by atoms with van der Waals surface area (Å²) < 4.78 is 17.0. The van der Waals surface area contributed by atoms with Crippen LogP contribution in [0.1, 0.15) is 151 Å². The summed E-state index contributed by atoms with van der Waals surface area (Å²) in [6.07, 6.45) is 16.2. The zero-order chi connectivity index (χ0) is 39.1. The summed E-state index contributed by atoms with van der Waals surface area (Å²) in [6, 6.07) is 8.71. The van der Waals surface area contributed by atoms with Gasteiger partial charge in [-0.15, -0.1) is 0 Å². The molecule has 0 spiro atoms. The zero-order valence-electron chi connectivity index (χ0n) is 34.8. The van der Waals surface area contributed by atoms with Crippen LogP contribution in [0.25, 0.3) is 0 Å². The first-order valence-corrected chi connectivity index (χ1v) is 21.4. The summed E-state index contributed by atoms with van der Waals surface area (Å²) in [4.78, 5) is 38.7. The number of allylic oxidation sites excluding steroid dienone is 1. The molecule has 4 aliphatic carbocycles. The van der Waals surface area contributed by atoms with Gasteiger partial charge in [-0.2, -0.15) is 0 Å². The Kier molecular flexibility index (Phi) is 14.3. The predicted octanol–water partition coefficient (Wildman–Crippen LogP) is 10.9. The van der Waals surface area contributed by atoms with E-state index in [1.165, 1.54) is 50.5 Å². The lowest BCUT2D eigenvalue weighted by molar-refractivity contribution is -0.154. The van der Waals surface area contributed by atoms with Gasteiger partial charge in [0, 0.05) is 13.0 Å². The Hall–Kier alpha value is -3.03. The highest BCUT2D eigenvalue weighted by Gasteiger charge is 2.59. The molecule has 8 nitrogen and oxygen atoms in total. The number of esters is 1. The Balaban J connectivity index is 1.14. The molecular weight excluding hydrogens is 677 g/mol. The van der Waals surface area contributed by atoms with Gasteiger partial charge in [-0.05, 0) is 137 Å². The minimum absolute atomic E-state index is 0.164. The van der Waals surface area contributed by atoms with Crippen LogP contribution in [0.4, 0.5) is 9.59 Å². The smallest absolute Gasteiger partial charge is 0.408 e. The lowest BCUT2D eigenvalue weighted by Crippen LogP contribution is -2.51. The van der Waals surface area contributed by atoms with Gasteiger partial charge in [0.05, 0.1) is 0 Å². The molecule has 54 heavy (non-hydrogen) atoms. The Morgan fingerprint density at radius 1 is 0.870 bits per heavy atom. The van der Waals surface area contributed by atoms with E-state index >= 15 is 0 Å². The summed E-state index contributed by atoms with van der Waals surface area (Å²) in [5.74, 6) is 4.32. The maximum absolute atomic E-state index is 13.7. The molecule has 0 saturated heterocycles. The first kappa shape index (κ1) is 42.1. The molecule has 3 fully saturated rings. The summed E-state index contributed by atoms with van der Waals surface area (Å²) in [5, 5.41) is 5.57. The highest BCUT2D eigenvalue weighted by atomic mass is 16.6. The third kappa shape index (κ3) is 10.6. The van der Waals surface area contributed by atoms with Crippen molar-refractivity contribution in [1.29, 1.82) is 0 Å². The van der Waals surface area contributed by atoms with Gasteiger partial charge in [0.1, 0.15) is 24.4 Å². The molecule has 5 rings (SSSR count). The molecule has 0 heterocycles. The number of hydrogen-bond acceptors (Lipinski definition) is 6. The summed E-state index contributed by atoms with van der Waals surface area (Å²) in [7, 11) is 0. The average Bonchev–Trinajstić information content (AvgIpc) is 3.47. The second-order valence-electron chi connectivity index (χ2n) is 19.3. The second kappa shape index (κ2) is 18.3. The van der Waals surface area contributed by atoms with Crippen molar-refractivity contribution >= 4 is 18.2 Å². The number of ether oxygens (including phenoxy) is 3. The molecule has 1 aromatic carbocycles. The van der Waals surface area contributed by atoms with Crippen LogP contribution in [0.2, 0.25) is 0 Å². The van der Waals surface area contributed by atoms with Crippen LogP contribution in [-0.4, -0.2) is 42.4 Å². The molecule has 0 radical (unpaired) electrons. The highest BCUT2D eigenvalue weighted by molar-refractivity contribution is 5.81. The monoisotopic (exact) mass is 749 g/mol. The van der Waals surface area contributed by atoms with Crippen molar-refractivity contribution in [2.75, 3.05) is 6.54 Å². The van der Waals surface area contributed by atoms with E-state index < -0.39 is 29.8 Å². The first-order chi connectivity index (χ1) is 25.6. The molecule has 3 saturated carbocycles. The van der Waals surface area contributed by atoms with Gasteiger partial charge < -0.3 is 24.8 Å². The van der Waals surface area contributed by atoms with Crippen molar-refractivity contribution in [3.8, 4) is 0 Å². The SMILES string of the molecule is CC(C)CCC[C@@H](C)[C@H]1CCC2C3CC=C4C[C@@H](OC(=O)[C@H](CCCCNC(=O)OCc5ccccc5)NC(=O)OC(C)(C)C)CC[C@]4(C)C3CC[C@@]21C. The molecule has 4 aliphatic rings. The molecule has 3 unspecified atom stereocenters. The molecule has 302 valence electrons. The Morgan fingerprint density at radius 2 is 1.63 bits per heavy atom. The Bertz CT molecular complexity index is 1440. The predicted molar refractivity (Wildman–Crippen MR) is 215 cm³/mol. The van der Waals surface area contributed by atoms with E-state index in [2.05, 4.69) is 51.3 Å². The van der Waals surface area contributed by atoms with Gasteiger partial charge in [0.25, 0.3) is 0 Å². The van der Waals surface area contributed by atoms with Crippen molar-refractivity contribution in [2.24, 2.45) is 46.3 Å². The fraction of sp³-hybridized carbons (Fsp3) is 0.761. The number of rotatable bonds is 15. The summed E-state index contributed by atoms with van der Waals surface area (Å²) >= 11 is 0. The third-order valence-corrected chi connectivity index (χ3v) is 13.9. The van der Waals surface area contributed by atoms with Gasteiger partial charge in [-0.3, -0.25) is 0 Å². The average molecular weight is 749 g/mol. The number of benzene rings is 1. The van der Waals surface area contributed by atoms with Crippen molar-refractivity contribution < 1.29 is 28.6 Å². The molecule has 0 aliphatic heterocycles. The molecular formula is C46H72N2O6. The van der Waals surface area contributed by atoms with E-state index in [9.17, 15) is 14.4 Å². The molecule has 1 aromatic rings. The molecule has 0 aromatic heterocycles. The van der Waals surface area contributed by atoms with Gasteiger partial charge in [0.2, 0.25) is 0 Å². The van der Waals surface area contributed by atoms with E-state index in [-0.39, 0.29) is 18.1 Å². The molecule has 8 heteroatoms. The fourth-order valence-corrected chi connectivity index (χ4v) is 11.1. The second-order valence-corrected chi connectivity index (χ2v) is 19.3. The number of carbonyl (C=O) groups is 3. The van der Waals surface area contributed by atoms with Crippen molar-refractivity contribution in [3.05, 3.63) is 47.5 Å². The molecule has 2 amide bonds. The Morgan fingerprint density at radius 3 is 2.35 bits per heavy atom. The minimum atomic E-state index is -0.831. The van der Waals surface area contributed by atoms with Crippen LogP contribution in [0.3, 0.4) is 0 Å². The highest BCUT2D eigenvalue weighted by Crippen LogP contribution is 2.67. The van der Waals surface area contributed by atoms with Crippen molar-refractivity contribution in [2.45, 2.75) is 170 Å². The standard InChI is InChI=1S/C46H72N2O6/c1-31(2)15-14-16-32(3)37-22-23-38-36-21-20-34-29-35(24-26-45(34,7)39(36)25-27-46(37,38)8)53-41(49)40(48-43(51)54-44(4,5)6)19-12-13-28-47-42(50)52-30-33-17-10-9-11-18-33/h9-11,17-18,20,31-32,35-40H,12-16,19,21-30H2,1-8H3,(H,47,50)(H,48,51)/t32-,35+,36?,37-,38?,39?,40+,45+,46-/m1/s1. The third-order valence-electron chi connectivity index (χ3n) is 13.9. The molecule has 0 bridgehead atoms. The van der Waals surface area contributed by atoms with Crippen LogP contribution in [0.15, 0.2) is 42.0 Å². The molecule has 9 atom stereocenters.